The lowest BCUT2D eigenvalue weighted by atomic mass is 9.76. The van der Waals surface area contributed by atoms with Crippen molar-refractivity contribution < 1.29 is 13.0 Å². The molecular weight excluding hydrogens is 300 g/mol. The molecule has 22 heavy (non-hydrogen) atoms. The zero-order chi connectivity index (χ0) is 16.0. The Labute approximate surface area is 135 Å². The second kappa shape index (κ2) is 8.62. The van der Waals surface area contributed by atoms with E-state index in [2.05, 4.69) is 5.32 Å². The summed E-state index contributed by atoms with van der Waals surface area (Å²) in [5, 5.41) is 3.43. The predicted octanol–water partition coefficient (Wildman–Crippen LogP) is 2.32. The van der Waals surface area contributed by atoms with Crippen molar-refractivity contribution >= 4 is 10.1 Å². The summed E-state index contributed by atoms with van der Waals surface area (Å²) < 4.78 is 30.0. The van der Waals surface area contributed by atoms with E-state index in [1.54, 1.807) is 0 Å². The molecule has 0 amide bonds. The van der Waals surface area contributed by atoms with Gasteiger partial charge in [0.1, 0.15) is 0 Å². The molecule has 130 valence electrons. The largest absolute Gasteiger partial charge is 0.328 e. The van der Waals surface area contributed by atoms with Crippen LogP contribution in [0.3, 0.4) is 0 Å². The quantitative estimate of drug-likeness (QED) is 0.491. The predicted molar refractivity (Wildman–Crippen MR) is 89.3 cm³/mol. The first-order valence-electron chi connectivity index (χ1n) is 8.86. The fourth-order valence-electron chi connectivity index (χ4n) is 4.06. The van der Waals surface area contributed by atoms with Gasteiger partial charge in [-0.05, 0) is 82.6 Å². The van der Waals surface area contributed by atoms with E-state index in [0.29, 0.717) is 25.0 Å². The second-order valence-corrected chi connectivity index (χ2v) is 8.90. The average Bonchev–Trinajstić information content (AvgIpc) is 2.47. The Bertz CT molecular complexity index is 411. The first-order valence-corrected chi connectivity index (χ1v) is 10.5. The third-order valence-corrected chi connectivity index (χ3v) is 6.22. The lowest BCUT2D eigenvalue weighted by Gasteiger charge is -2.33. The zero-order valence-electron chi connectivity index (χ0n) is 13.5. The molecule has 0 atom stereocenters. The summed E-state index contributed by atoms with van der Waals surface area (Å²) in [5.74, 6) is 1.62. The van der Waals surface area contributed by atoms with Crippen molar-refractivity contribution in [2.75, 3.05) is 12.3 Å². The normalized spacial score (nSPS) is 33.7. The van der Waals surface area contributed by atoms with Crippen molar-refractivity contribution in [1.29, 1.82) is 0 Å². The monoisotopic (exact) mass is 332 g/mol. The molecule has 2 fully saturated rings. The maximum atomic E-state index is 10.7. The average molecular weight is 333 g/mol. The van der Waals surface area contributed by atoms with Gasteiger partial charge in [0.25, 0.3) is 10.1 Å². The Hall–Kier alpha value is -0.170. The number of nitrogens with one attached hydrogen (secondary N) is 1. The van der Waals surface area contributed by atoms with E-state index >= 15 is 0 Å². The minimum atomic E-state index is -3.81. The smallest absolute Gasteiger partial charge is 0.264 e. The number of nitrogens with two attached hydrogens (primary N) is 1. The summed E-state index contributed by atoms with van der Waals surface area (Å²) in [6.45, 7) is 0.676. The van der Waals surface area contributed by atoms with Gasteiger partial charge in [0.05, 0.1) is 5.75 Å². The molecule has 2 aliphatic rings. The Morgan fingerprint density at radius 2 is 1.50 bits per heavy atom. The minimum absolute atomic E-state index is 0.140. The van der Waals surface area contributed by atoms with Gasteiger partial charge in [-0.2, -0.15) is 8.42 Å². The van der Waals surface area contributed by atoms with Gasteiger partial charge in [-0.15, -0.1) is 0 Å². The van der Waals surface area contributed by atoms with Gasteiger partial charge < -0.3 is 11.1 Å². The summed E-state index contributed by atoms with van der Waals surface area (Å²) in [7, 11) is -3.81. The first kappa shape index (κ1) is 18.2. The molecule has 0 saturated heterocycles. The van der Waals surface area contributed by atoms with E-state index in [9.17, 15) is 8.42 Å². The van der Waals surface area contributed by atoms with E-state index in [1.807, 2.05) is 0 Å². The fraction of sp³-hybridized carbons (Fsp3) is 1.00. The Balaban J connectivity index is 1.56. The van der Waals surface area contributed by atoms with Crippen LogP contribution in [0.2, 0.25) is 0 Å². The summed E-state index contributed by atoms with van der Waals surface area (Å²) in [4.78, 5) is 0. The minimum Gasteiger partial charge on any atom is -0.328 e. The molecule has 0 heterocycles. The van der Waals surface area contributed by atoms with E-state index in [-0.39, 0.29) is 5.75 Å². The van der Waals surface area contributed by atoms with E-state index in [0.717, 1.165) is 11.8 Å². The highest BCUT2D eigenvalue weighted by Crippen LogP contribution is 2.35. The second-order valence-electron chi connectivity index (χ2n) is 7.33. The van der Waals surface area contributed by atoms with Gasteiger partial charge in [0.15, 0.2) is 0 Å². The van der Waals surface area contributed by atoms with Crippen LogP contribution in [0.1, 0.15) is 64.2 Å². The molecule has 5 nitrogen and oxygen atoms in total. The van der Waals surface area contributed by atoms with Crippen LogP contribution in [0.15, 0.2) is 0 Å². The van der Waals surface area contributed by atoms with E-state index < -0.39 is 10.1 Å². The van der Waals surface area contributed by atoms with Crippen LogP contribution in [0.5, 0.6) is 0 Å². The van der Waals surface area contributed by atoms with Crippen LogP contribution in [0, 0.1) is 11.8 Å². The maximum absolute atomic E-state index is 10.7. The van der Waals surface area contributed by atoms with Gasteiger partial charge in [0.2, 0.25) is 0 Å². The molecule has 0 radical (unpaired) electrons. The Kier molecular flexibility index (Phi) is 7.12. The molecular formula is C16H32N2O3S. The SMILES string of the molecule is NC1CCC(CC2CCC(NCCCS(=O)(=O)O)CC2)CC1. The fourth-order valence-corrected chi connectivity index (χ4v) is 4.57. The van der Waals surface area contributed by atoms with E-state index in [4.69, 9.17) is 10.3 Å². The Morgan fingerprint density at radius 3 is 2.05 bits per heavy atom. The van der Waals surface area contributed by atoms with Gasteiger partial charge in [-0.1, -0.05) is 0 Å². The highest BCUT2D eigenvalue weighted by molar-refractivity contribution is 7.85. The molecule has 2 saturated carbocycles. The molecule has 0 aromatic rings. The summed E-state index contributed by atoms with van der Waals surface area (Å²) in [5.41, 5.74) is 5.97. The van der Waals surface area contributed by atoms with Gasteiger partial charge in [-0.25, -0.2) is 0 Å². The van der Waals surface area contributed by atoms with Crippen LogP contribution in [-0.2, 0) is 10.1 Å². The molecule has 0 aromatic heterocycles. The zero-order valence-corrected chi connectivity index (χ0v) is 14.4. The van der Waals surface area contributed by atoms with Crippen molar-refractivity contribution in [2.24, 2.45) is 17.6 Å². The number of hydrogen-bond donors (Lipinski definition) is 3. The summed E-state index contributed by atoms with van der Waals surface area (Å²) in [6, 6.07) is 0.969. The highest BCUT2D eigenvalue weighted by Gasteiger charge is 2.25. The summed E-state index contributed by atoms with van der Waals surface area (Å²) >= 11 is 0. The summed E-state index contributed by atoms with van der Waals surface area (Å²) in [6.07, 6.45) is 11.9. The third-order valence-electron chi connectivity index (χ3n) is 5.42. The lowest BCUT2D eigenvalue weighted by molar-refractivity contribution is 0.215. The maximum Gasteiger partial charge on any atom is 0.264 e. The van der Waals surface area contributed by atoms with Crippen LogP contribution in [0.25, 0.3) is 0 Å². The Morgan fingerprint density at radius 1 is 0.955 bits per heavy atom. The molecule has 0 aromatic carbocycles. The van der Waals surface area contributed by atoms with Crippen molar-refractivity contribution in [1.82, 2.24) is 5.32 Å². The molecule has 0 bridgehead atoms. The standard InChI is InChI=1S/C16H32N2O3S/c17-15-6-2-13(3-7-15)12-14-4-8-16(9-5-14)18-10-1-11-22(19,20)21/h13-16,18H,1-12,17H2,(H,19,20,21). The molecule has 2 aliphatic carbocycles. The van der Waals surface area contributed by atoms with Gasteiger partial charge >= 0.3 is 0 Å². The topological polar surface area (TPSA) is 92.4 Å². The van der Waals surface area contributed by atoms with Crippen molar-refractivity contribution in [3.63, 3.8) is 0 Å². The van der Waals surface area contributed by atoms with Crippen LogP contribution in [0.4, 0.5) is 0 Å². The third kappa shape index (κ3) is 6.94. The molecule has 4 N–H and O–H groups in total. The first-order chi connectivity index (χ1) is 10.4. The van der Waals surface area contributed by atoms with Crippen molar-refractivity contribution in [3.8, 4) is 0 Å². The molecule has 0 spiro atoms. The van der Waals surface area contributed by atoms with Crippen molar-refractivity contribution in [2.45, 2.75) is 76.3 Å². The highest BCUT2D eigenvalue weighted by atomic mass is 32.2. The molecule has 0 aliphatic heterocycles. The van der Waals surface area contributed by atoms with Crippen molar-refractivity contribution in [3.05, 3.63) is 0 Å². The lowest BCUT2D eigenvalue weighted by Crippen LogP contribution is -2.35. The van der Waals surface area contributed by atoms with Gasteiger partial charge in [0, 0.05) is 12.1 Å². The molecule has 6 heteroatoms. The van der Waals surface area contributed by atoms with Gasteiger partial charge in [-0.3, -0.25) is 4.55 Å². The van der Waals surface area contributed by atoms with Crippen LogP contribution in [-0.4, -0.2) is 37.4 Å². The van der Waals surface area contributed by atoms with Crippen LogP contribution >= 0.6 is 0 Å². The molecule has 2 rings (SSSR count). The number of rotatable bonds is 7. The van der Waals surface area contributed by atoms with Crippen LogP contribution < -0.4 is 11.1 Å². The molecule has 0 unspecified atom stereocenters. The van der Waals surface area contributed by atoms with E-state index in [1.165, 1.54) is 57.8 Å². The number of hydrogen-bond acceptors (Lipinski definition) is 4.